The predicted molar refractivity (Wildman–Crippen MR) is 216 cm³/mol. The Balaban J connectivity index is 1.36. The molecule has 0 saturated carbocycles. The maximum absolute atomic E-state index is 9.49. The van der Waals surface area contributed by atoms with Crippen LogP contribution in [0.4, 0.5) is 0 Å². The van der Waals surface area contributed by atoms with E-state index in [1.165, 1.54) is 33.5 Å². The lowest BCUT2D eigenvalue weighted by atomic mass is 9.85. The highest BCUT2D eigenvalue weighted by Gasteiger charge is 2.25. The smallest absolute Gasteiger partial charge is 0.149 e. The van der Waals surface area contributed by atoms with Crippen LogP contribution in [-0.4, -0.2) is 9.55 Å². The molecule has 0 bridgehead atoms. The van der Waals surface area contributed by atoms with E-state index in [2.05, 4.69) is 156 Å². The first-order valence-electron chi connectivity index (χ1n) is 18.2. The Kier molecular flexibility index (Phi) is 8.11. The van der Waals surface area contributed by atoms with E-state index in [0.717, 1.165) is 55.5 Å². The topological polar surface area (TPSA) is 54.8 Å². The van der Waals surface area contributed by atoms with Crippen molar-refractivity contribution < 1.29 is 4.42 Å². The summed E-state index contributed by atoms with van der Waals surface area (Å²) in [4.78, 5) is 5.35. The molecule has 0 spiro atoms. The average molecular weight is 678 g/mol. The zero-order valence-electron chi connectivity index (χ0n) is 31.0. The van der Waals surface area contributed by atoms with Crippen molar-refractivity contribution in [2.24, 2.45) is 0 Å². The van der Waals surface area contributed by atoms with Crippen molar-refractivity contribution in [1.29, 1.82) is 5.26 Å². The highest BCUT2D eigenvalue weighted by molar-refractivity contribution is 6.10. The number of nitrogens with zero attached hydrogens (tertiary/aromatic N) is 3. The Morgan fingerprint density at radius 3 is 2.02 bits per heavy atom. The van der Waals surface area contributed by atoms with Crippen LogP contribution in [0.3, 0.4) is 0 Å². The number of nitriles is 1. The fraction of sp³-hybridized carbons (Fsp3) is 0.208. The summed E-state index contributed by atoms with van der Waals surface area (Å²) in [5.74, 6) is 1.38. The van der Waals surface area contributed by atoms with E-state index in [-0.39, 0.29) is 17.3 Å². The Labute approximate surface area is 306 Å². The number of imidazole rings is 1. The number of benzene rings is 6. The Bertz CT molecular complexity index is 2640. The maximum atomic E-state index is 9.49. The summed E-state index contributed by atoms with van der Waals surface area (Å²) < 4.78 is 9.17. The van der Waals surface area contributed by atoms with E-state index in [1.807, 2.05) is 24.3 Å². The lowest BCUT2D eigenvalue weighted by Crippen LogP contribution is -2.11. The number of rotatable bonds is 6. The van der Waals surface area contributed by atoms with Crippen LogP contribution >= 0.6 is 0 Å². The molecule has 4 heteroatoms. The average Bonchev–Trinajstić information content (AvgIpc) is 3.72. The molecule has 0 fully saturated rings. The first kappa shape index (κ1) is 33.2. The van der Waals surface area contributed by atoms with Crippen molar-refractivity contribution in [3.05, 3.63) is 144 Å². The van der Waals surface area contributed by atoms with Gasteiger partial charge in [-0.3, -0.25) is 4.57 Å². The molecule has 0 radical (unpaired) electrons. The molecule has 0 N–H and O–H groups in total. The summed E-state index contributed by atoms with van der Waals surface area (Å²) >= 11 is 0. The summed E-state index contributed by atoms with van der Waals surface area (Å²) in [7, 11) is 0. The van der Waals surface area contributed by atoms with Gasteiger partial charge in [0.1, 0.15) is 17.0 Å². The van der Waals surface area contributed by atoms with Gasteiger partial charge in [-0.15, -0.1) is 0 Å². The van der Waals surface area contributed by atoms with Crippen molar-refractivity contribution in [2.45, 2.75) is 65.7 Å². The second-order valence-electron chi connectivity index (χ2n) is 15.6. The Morgan fingerprint density at radius 1 is 0.654 bits per heavy atom. The van der Waals surface area contributed by atoms with Crippen LogP contribution in [-0.2, 0) is 5.41 Å². The van der Waals surface area contributed by atoms with Crippen LogP contribution in [0.5, 0.6) is 0 Å². The summed E-state index contributed by atoms with van der Waals surface area (Å²) in [6, 6.07) is 45.0. The third-order valence-corrected chi connectivity index (χ3v) is 10.3. The highest BCUT2D eigenvalue weighted by Crippen LogP contribution is 2.43. The quantitative estimate of drug-likeness (QED) is 0.176. The first-order valence-corrected chi connectivity index (χ1v) is 18.2. The van der Waals surface area contributed by atoms with Crippen LogP contribution in [0.2, 0.25) is 0 Å². The van der Waals surface area contributed by atoms with Gasteiger partial charge >= 0.3 is 0 Å². The molecule has 0 unspecified atom stereocenters. The largest absolute Gasteiger partial charge is 0.455 e. The van der Waals surface area contributed by atoms with Crippen LogP contribution in [0, 0.1) is 11.3 Å². The molecule has 8 rings (SSSR count). The van der Waals surface area contributed by atoms with E-state index in [9.17, 15) is 5.26 Å². The third kappa shape index (κ3) is 5.67. The molecule has 256 valence electrons. The highest BCUT2D eigenvalue weighted by atomic mass is 16.3. The molecule has 2 heterocycles. The maximum Gasteiger partial charge on any atom is 0.149 e. The van der Waals surface area contributed by atoms with Crippen LogP contribution in [0.15, 0.2) is 126 Å². The number of furan rings is 1. The summed E-state index contributed by atoms with van der Waals surface area (Å²) in [6.45, 7) is 15.9. The number of aromatic nitrogens is 2. The minimum Gasteiger partial charge on any atom is -0.455 e. The SMILES string of the molecule is CC(C)c1cc(-c2ccc(C(C)(C)C)cc2)cc(C(C)C)c1-n1c(-c2cccc3c2oc2cc(-c4cccc(C#N)c4)ccc23)nc2ccccc21. The van der Waals surface area contributed by atoms with Gasteiger partial charge in [-0.1, -0.05) is 115 Å². The van der Waals surface area contributed by atoms with Gasteiger partial charge in [0, 0.05) is 10.8 Å². The molecule has 0 atom stereocenters. The third-order valence-electron chi connectivity index (χ3n) is 10.3. The van der Waals surface area contributed by atoms with Crippen molar-refractivity contribution in [2.75, 3.05) is 0 Å². The zero-order valence-corrected chi connectivity index (χ0v) is 31.0. The minimum atomic E-state index is 0.0996. The molecule has 4 nitrogen and oxygen atoms in total. The molecule has 0 aliphatic carbocycles. The van der Waals surface area contributed by atoms with Gasteiger partial charge in [-0.25, -0.2) is 4.98 Å². The molecule has 0 aliphatic heterocycles. The van der Waals surface area contributed by atoms with Crippen molar-refractivity contribution in [3.8, 4) is 45.4 Å². The Hall–Kier alpha value is -5.92. The summed E-state index contributed by atoms with van der Waals surface area (Å²) in [5.41, 5.74) is 14.9. The number of para-hydroxylation sites is 3. The van der Waals surface area contributed by atoms with Crippen molar-refractivity contribution in [1.82, 2.24) is 9.55 Å². The number of fused-ring (bicyclic) bond motifs is 4. The normalized spacial score (nSPS) is 12.1. The van der Waals surface area contributed by atoms with Gasteiger partial charge in [0.2, 0.25) is 0 Å². The van der Waals surface area contributed by atoms with Crippen LogP contribution in [0.25, 0.3) is 72.3 Å². The second kappa shape index (κ2) is 12.7. The summed E-state index contributed by atoms with van der Waals surface area (Å²) in [5, 5.41) is 11.6. The van der Waals surface area contributed by atoms with Crippen molar-refractivity contribution in [3.63, 3.8) is 0 Å². The molecule has 0 aliphatic rings. The lowest BCUT2D eigenvalue weighted by Gasteiger charge is -2.25. The van der Waals surface area contributed by atoms with Gasteiger partial charge < -0.3 is 4.42 Å². The molecule has 8 aromatic rings. The van der Waals surface area contributed by atoms with Gasteiger partial charge in [0.25, 0.3) is 0 Å². The molecule has 2 aromatic heterocycles. The molecular weight excluding hydrogens is 635 g/mol. The van der Waals surface area contributed by atoms with Crippen LogP contribution < -0.4 is 0 Å². The molecular formula is C48H43N3O. The molecule has 6 aromatic carbocycles. The standard InChI is InChI=1S/C48H43N3O/c1-29(2)40-25-35(32-18-21-36(22-19-32)48(5,6)7)26-41(30(3)4)45(40)51-43-17-9-8-16-42(43)50-47(51)39-15-11-14-38-37-23-20-34(27-44(37)52-46(38)39)33-13-10-12-31(24-33)28-49/h8-27,29-30H,1-7H3. The van der Waals surface area contributed by atoms with E-state index in [4.69, 9.17) is 9.40 Å². The van der Waals surface area contributed by atoms with Crippen molar-refractivity contribution >= 4 is 33.0 Å². The van der Waals surface area contributed by atoms with Gasteiger partial charge in [0.15, 0.2) is 0 Å². The summed E-state index contributed by atoms with van der Waals surface area (Å²) in [6.07, 6.45) is 0. The monoisotopic (exact) mass is 677 g/mol. The van der Waals surface area contributed by atoms with Gasteiger partial charge in [-0.05, 0) is 111 Å². The lowest BCUT2D eigenvalue weighted by molar-refractivity contribution is 0.590. The molecule has 0 amide bonds. The van der Waals surface area contributed by atoms with E-state index in [1.54, 1.807) is 0 Å². The van der Waals surface area contributed by atoms with E-state index >= 15 is 0 Å². The number of hydrogen-bond acceptors (Lipinski definition) is 3. The molecule has 52 heavy (non-hydrogen) atoms. The second-order valence-corrected chi connectivity index (χ2v) is 15.6. The number of hydrogen-bond donors (Lipinski definition) is 0. The molecule has 0 saturated heterocycles. The Morgan fingerprint density at radius 2 is 1.33 bits per heavy atom. The van der Waals surface area contributed by atoms with Gasteiger partial charge in [-0.2, -0.15) is 5.26 Å². The predicted octanol–water partition coefficient (Wildman–Crippen LogP) is 13.3. The fourth-order valence-corrected chi connectivity index (χ4v) is 7.50. The van der Waals surface area contributed by atoms with E-state index < -0.39 is 0 Å². The first-order chi connectivity index (χ1) is 25.0. The fourth-order valence-electron chi connectivity index (χ4n) is 7.50. The zero-order chi connectivity index (χ0) is 36.3. The minimum absolute atomic E-state index is 0.0996. The van der Waals surface area contributed by atoms with Gasteiger partial charge in [0.05, 0.1) is 33.9 Å². The van der Waals surface area contributed by atoms with Crippen LogP contribution in [0.1, 0.15) is 82.6 Å². The van der Waals surface area contributed by atoms with E-state index in [0.29, 0.717) is 5.56 Å².